The van der Waals surface area contributed by atoms with Gasteiger partial charge in [0.15, 0.2) is 0 Å². The number of aliphatic carboxylic acids is 1. The Bertz CT molecular complexity index is 562. The van der Waals surface area contributed by atoms with Crippen molar-refractivity contribution in [2.24, 2.45) is 11.5 Å². The lowest BCUT2D eigenvalue weighted by molar-refractivity contribution is -0.141. The van der Waals surface area contributed by atoms with Crippen molar-refractivity contribution in [3.8, 4) is 0 Å². The highest BCUT2D eigenvalue weighted by atomic mass is 32.2. The highest BCUT2D eigenvalue weighted by molar-refractivity contribution is 7.98. The quantitative estimate of drug-likeness (QED) is 0.153. The average molecular weight is 424 g/mol. The van der Waals surface area contributed by atoms with E-state index in [1.807, 2.05) is 0 Å². The lowest BCUT2D eigenvalue weighted by atomic mass is 10.1. The van der Waals surface area contributed by atoms with E-state index >= 15 is 0 Å². The number of thioether (sulfide) groups is 1. The molecule has 8 N–H and O–H groups in total. The third kappa shape index (κ3) is 10.7. The predicted molar refractivity (Wildman–Crippen MR) is 103 cm³/mol. The van der Waals surface area contributed by atoms with Crippen LogP contribution in [0.3, 0.4) is 0 Å². The van der Waals surface area contributed by atoms with Crippen LogP contribution in [0.1, 0.15) is 12.8 Å². The van der Waals surface area contributed by atoms with E-state index in [1.54, 1.807) is 6.26 Å². The first-order chi connectivity index (χ1) is 12.6. The van der Waals surface area contributed by atoms with Crippen molar-refractivity contribution in [3.05, 3.63) is 0 Å². The molecular weight excluding hydrogens is 398 g/mol. The summed E-state index contributed by atoms with van der Waals surface area (Å²) in [6.45, 7) is -0.536. The molecule has 0 heterocycles. The third-order valence-corrected chi connectivity index (χ3v) is 4.28. The molecule has 4 amide bonds. The van der Waals surface area contributed by atoms with Gasteiger partial charge >= 0.3 is 5.97 Å². The number of primary amides is 1. The van der Waals surface area contributed by atoms with Gasteiger partial charge in [0, 0.05) is 5.75 Å². The molecule has 0 aliphatic rings. The SMILES string of the molecule is CSCCC(NC(=O)CNC(=O)C(CC(N)=O)NC(=O)C(N)CS)C(=O)O. The van der Waals surface area contributed by atoms with Gasteiger partial charge in [0.25, 0.3) is 0 Å². The van der Waals surface area contributed by atoms with Crippen LogP contribution in [0.15, 0.2) is 0 Å². The molecular formula is C14H25N5O6S2. The molecule has 0 radical (unpaired) electrons. The topological polar surface area (TPSA) is 194 Å². The van der Waals surface area contributed by atoms with Gasteiger partial charge in [-0.2, -0.15) is 24.4 Å². The lowest BCUT2D eigenvalue weighted by Crippen LogP contribution is -2.54. The van der Waals surface area contributed by atoms with Crippen LogP contribution in [0.4, 0.5) is 0 Å². The fraction of sp³-hybridized carbons (Fsp3) is 0.643. The Kier molecular flexibility index (Phi) is 12.2. The summed E-state index contributed by atoms with van der Waals surface area (Å²) in [5, 5.41) is 15.8. The molecule has 3 atom stereocenters. The van der Waals surface area contributed by atoms with Crippen LogP contribution >= 0.6 is 24.4 Å². The molecule has 0 aromatic heterocycles. The molecule has 0 spiro atoms. The molecule has 0 aromatic rings. The molecule has 0 bridgehead atoms. The first-order valence-electron chi connectivity index (χ1n) is 7.86. The molecule has 154 valence electrons. The summed E-state index contributed by atoms with van der Waals surface area (Å²) in [4.78, 5) is 57.9. The zero-order chi connectivity index (χ0) is 21.0. The Morgan fingerprint density at radius 1 is 1.11 bits per heavy atom. The molecule has 0 aliphatic heterocycles. The number of carbonyl (C=O) groups is 5. The van der Waals surface area contributed by atoms with Gasteiger partial charge in [-0.1, -0.05) is 0 Å². The summed E-state index contributed by atoms with van der Waals surface area (Å²) in [5.41, 5.74) is 10.5. The number of nitrogens with one attached hydrogen (secondary N) is 3. The average Bonchev–Trinajstić information content (AvgIpc) is 2.60. The smallest absolute Gasteiger partial charge is 0.326 e. The fourth-order valence-corrected chi connectivity index (χ4v) is 2.44. The second-order valence-corrected chi connectivity index (χ2v) is 6.83. The Hall–Kier alpha value is -1.99. The van der Waals surface area contributed by atoms with E-state index in [0.29, 0.717) is 5.75 Å². The van der Waals surface area contributed by atoms with Crippen LogP contribution in [0.25, 0.3) is 0 Å². The zero-order valence-electron chi connectivity index (χ0n) is 14.8. The van der Waals surface area contributed by atoms with E-state index in [0.717, 1.165) is 0 Å². The Morgan fingerprint density at radius 2 is 1.74 bits per heavy atom. The normalized spacial score (nSPS) is 13.7. The molecule has 0 saturated heterocycles. The number of carboxylic acids is 1. The number of rotatable bonds is 13. The Labute approximate surface area is 166 Å². The van der Waals surface area contributed by atoms with Crippen LogP contribution in [0.5, 0.6) is 0 Å². The van der Waals surface area contributed by atoms with Gasteiger partial charge in [-0.15, -0.1) is 0 Å². The van der Waals surface area contributed by atoms with Crippen molar-refractivity contribution in [2.75, 3.05) is 24.3 Å². The highest BCUT2D eigenvalue weighted by Crippen LogP contribution is 2.01. The number of hydrogen-bond donors (Lipinski definition) is 7. The summed E-state index contributed by atoms with van der Waals surface area (Å²) in [7, 11) is 0. The van der Waals surface area contributed by atoms with Gasteiger partial charge in [0.1, 0.15) is 12.1 Å². The summed E-state index contributed by atoms with van der Waals surface area (Å²) in [5.74, 6) is -3.76. The third-order valence-electron chi connectivity index (χ3n) is 3.24. The number of carbonyl (C=O) groups excluding carboxylic acids is 4. The number of nitrogens with two attached hydrogens (primary N) is 2. The predicted octanol–water partition coefficient (Wildman–Crippen LogP) is -2.96. The first-order valence-corrected chi connectivity index (χ1v) is 9.88. The molecule has 3 unspecified atom stereocenters. The van der Waals surface area contributed by atoms with Crippen LogP contribution < -0.4 is 27.4 Å². The van der Waals surface area contributed by atoms with Gasteiger partial charge in [0.05, 0.1) is 19.0 Å². The van der Waals surface area contributed by atoms with Crippen molar-refractivity contribution in [2.45, 2.75) is 31.0 Å². The second-order valence-electron chi connectivity index (χ2n) is 5.48. The number of thiol groups is 1. The maximum absolute atomic E-state index is 12.1. The van der Waals surface area contributed by atoms with E-state index in [-0.39, 0.29) is 12.2 Å². The van der Waals surface area contributed by atoms with Crippen LogP contribution in [0, 0.1) is 0 Å². The van der Waals surface area contributed by atoms with E-state index in [2.05, 4.69) is 28.6 Å². The molecule has 0 rings (SSSR count). The minimum Gasteiger partial charge on any atom is -0.480 e. The monoisotopic (exact) mass is 423 g/mol. The number of carboxylic acid groups (broad SMARTS) is 1. The van der Waals surface area contributed by atoms with Crippen molar-refractivity contribution >= 4 is 54.0 Å². The molecule has 11 nitrogen and oxygen atoms in total. The zero-order valence-corrected chi connectivity index (χ0v) is 16.5. The van der Waals surface area contributed by atoms with Crippen molar-refractivity contribution in [3.63, 3.8) is 0 Å². The second kappa shape index (κ2) is 13.2. The maximum atomic E-state index is 12.1. The lowest BCUT2D eigenvalue weighted by Gasteiger charge is -2.19. The van der Waals surface area contributed by atoms with Crippen LogP contribution in [0.2, 0.25) is 0 Å². The molecule has 0 aromatic carbocycles. The first kappa shape index (κ1) is 25.0. The van der Waals surface area contributed by atoms with Gasteiger partial charge in [0.2, 0.25) is 23.6 Å². The van der Waals surface area contributed by atoms with Crippen molar-refractivity contribution in [1.82, 2.24) is 16.0 Å². The molecule has 0 fully saturated rings. The molecule has 0 saturated carbocycles. The van der Waals surface area contributed by atoms with E-state index in [1.165, 1.54) is 11.8 Å². The summed E-state index contributed by atoms with van der Waals surface area (Å²) in [6.07, 6.45) is 1.52. The maximum Gasteiger partial charge on any atom is 0.326 e. The minimum absolute atomic E-state index is 0.0196. The standard InChI is InChI=1S/C14H25N5O6S2/c1-27-3-2-8(14(24)25)18-11(21)5-17-13(23)9(4-10(16)20)19-12(22)7(15)6-26/h7-9,26H,2-6,15H2,1H3,(H2,16,20)(H,17,23)(H,18,21)(H,19,22)(H,24,25). The number of hydrogen-bond acceptors (Lipinski definition) is 8. The minimum atomic E-state index is -1.32. The molecule has 13 heteroatoms. The summed E-state index contributed by atoms with van der Waals surface area (Å²) in [6, 6.07) is -3.40. The fourth-order valence-electron chi connectivity index (χ4n) is 1.80. The Morgan fingerprint density at radius 3 is 2.22 bits per heavy atom. The van der Waals surface area contributed by atoms with Gasteiger partial charge < -0.3 is 32.5 Å². The van der Waals surface area contributed by atoms with E-state index in [4.69, 9.17) is 16.6 Å². The van der Waals surface area contributed by atoms with E-state index < -0.39 is 60.7 Å². The van der Waals surface area contributed by atoms with Crippen LogP contribution in [-0.4, -0.2) is 77.1 Å². The summed E-state index contributed by atoms with van der Waals surface area (Å²) < 4.78 is 0. The van der Waals surface area contributed by atoms with E-state index in [9.17, 15) is 24.0 Å². The van der Waals surface area contributed by atoms with Crippen LogP contribution in [-0.2, 0) is 24.0 Å². The van der Waals surface area contributed by atoms with Gasteiger partial charge in [-0.05, 0) is 18.4 Å². The highest BCUT2D eigenvalue weighted by Gasteiger charge is 2.26. The van der Waals surface area contributed by atoms with Gasteiger partial charge in [-0.3, -0.25) is 19.2 Å². The largest absolute Gasteiger partial charge is 0.480 e. The summed E-state index contributed by atoms with van der Waals surface area (Å²) >= 11 is 5.29. The van der Waals surface area contributed by atoms with Gasteiger partial charge in [-0.25, -0.2) is 4.79 Å². The molecule has 27 heavy (non-hydrogen) atoms. The number of amides is 4. The van der Waals surface area contributed by atoms with Crippen molar-refractivity contribution in [1.29, 1.82) is 0 Å². The Balaban J connectivity index is 4.73. The van der Waals surface area contributed by atoms with Crippen molar-refractivity contribution < 1.29 is 29.1 Å². The molecule has 0 aliphatic carbocycles.